The van der Waals surface area contributed by atoms with Gasteiger partial charge in [0.05, 0.1) is 19.0 Å². The normalized spacial score (nSPS) is 19.0. The van der Waals surface area contributed by atoms with Crippen LogP contribution < -0.4 is 15.0 Å². The van der Waals surface area contributed by atoms with Crippen LogP contribution in [0.4, 0.5) is 5.82 Å². The number of anilines is 1. The fraction of sp³-hybridized carbons (Fsp3) is 0.750. The molecule has 0 amide bonds. The maximum absolute atomic E-state index is 5.60. The number of hydrogen-bond donors (Lipinski definition) is 1. The van der Waals surface area contributed by atoms with Crippen LogP contribution >= 0.6 is 0 Å². The summed E-state index contributed by atoms with van der Waals surface area (Å²) in [6.07, 6.45) is 8.26. The zero-order chi connectivity index (χ0) is 15.1. The highest BCUT2D eigenvalue weighted by Gasteiger charge is 2.24. The SMILES string of the molecule is CCCOc1cncc(N2CCCCC2CNC(C)C)n1. The number of hydrogen-bond acceptors (Lipinski definition) is 5. The molecule has 5 heteroatoms. The number of nitrogens with zero attached hydrogens (tertiary/aromatic N) is 3. The molecular formula is C16H28N4O. The van der Waals surface area contributed by atoms with Crippen LogP contribution in [0.25, 0.3) is 0 Å². The van der Waals surface area contributed by atoms with Crippen molar-refractivity contribution in [2.45, 2.75) is 58.5 Å². The summed E-state index contributed by atoms with van der Waals surface area (Å²) in [5, 5.41) is 3.54. The number of rotatable bonds is 7. The first-order valence-electron chi connectivity index (χ1n) is 8.15. The summed E-state index contributed by atoms with van der Waals surface area (Å²) in [5.41, 5.74) is 0. The van der Waals surface area contributed by atoms with Gasteiger partial charge in [-0.3, -0.25) is 4.98 Å². The zero-order valence-electron chi connectivity index (χ0n) is 13.5. The van der Waals surface area contributed by atoms with E-state index in [-0.39, 0.29) is 0 Å². The van der Waals surface area contributed by atoms with Crippen LogP contribution in [0.5, 0.6) is 5.88 Å². The average Bonchev–Trinajstić information content (AvgIpc) is 2.51. The van der Waals surface area contributed by atoms with Crippen molar-refractivity contribution < 1.29 is 4.74 Å². The van der Waals surface area contributed by atoms with E-state index in [0.29, 0.717) is 24.6 Å². The van der Waals surface area contributed by atoms with Crippen molar-refractivity contribution in [3.8, 4) is 5.88 Å². The van der Waals surface area contributed by atoms with Gasteiger partial charge in [0.25, 0.3) is 0 Å². The van der Waals surface area contributed by atoms with Crippen LogP contribution in [-0.4, -0.2) is 41.7 Å². The predicted molar refractivity (Wildman–Crippen MR) is 85.9 cm³/mol. The van der Waals surface area contributed by atoms with Crippen LogP contribution in [0.3, 0.4) is 0 Å². The van der Waals surface area contributed by atoms with Gasteiger partial charge in [0.2, 0.25) is 5.88 Å². The molecule has 1 N–H and O–H groups in total. The van der Waals surface area contributed by atoms with Crippen molar-refractivity contribution in [3.63, 3.8) is 0 Å². The first kappa shape index (κ1) is 16.0. The molecule has 21 heavy (non-hydrogen) atoms. The molecule has 0 radical (unpaired) electrons. The summed E-state index contributed by atoms with van der Waals surface area (Å²) in [7, 11) is 0. The lowest BCUT2D eigenvalue weighted by Gasteiger charge is -2.37. The maximum atomic E-state index is 5.60. The minimum atomic E-state index is 0.497. The Balaban J connectivity index is 2.05. The van der Waals surface area contributed by atoms with E-state index in [2.05, 4.69) is 41.0 Å². The average molecular weight is 292 g/mol. The quantitative estimate of drug-likeness (QED) is 0.837. The lowest BCUT2D eigenvalue weighted by atomic mass is 10.0. The fourth-order valence-corrected chi connectivity index (χ4v) is 2.64. The van der Waals surface area contributed by atoms with Crippen molar-refractivity contribution in [1.82, 2.24) is 15.3 Å². The third-order valence-electron chi connectivity index (χ3n) is 3.74. The first-order chi connectivity index (χ1) is 10.2. The number of aromatic nitrogens is 2. The molecule has 2 rings (SSSR count). The third kappa shape index (κ3) is 4.84. The van der Waals surface area contributed by atoms with Crippen molar-refractivity contribution in [3.05, 3.63) is 12.4 Å². The van der Waals surface area contributed by atoms with Gasteiger partial charge in [-0.1, -0.05) is 20.8 Å². The van der Waals surface area contributed by atoms with Crippen molar-refractivity contribution >= 4 is 5.82 Å². The molecule has 1 unspecified atom stereocenters. The Morgan fingerprint density at radius 3 is 3.00 bits per heavy atom. The molecule has 1 atom stereocenters. The predicted octanol–water partition coefficient (Wildman–Crippen LogP) is 2.62. The molecule has 1 fully saturated rings. The van der Waals surface area contributed by atoms with Crippen LogP contribution in [0, 0.1) is 0 Å². The van der Waals surface area contributed by atoms with Gasteiger partial charge >= 0.3 is 0 Å². The molecule has 0 spiro atoms. The fourth-order valence-electron chi connectivity index (χ4n) is 2.64. The van der Waals surface area contributed by atoms with Crippen LogP contribution in [-0.2, 0) is 0 Å². The minimum absolute atomic E-state index is 0.497. The summed E-state index contributed by atoms with van der Waals surface area (Å²) in [6, 6.07) is 1.01. The van der Waals surface area contributed by atoms with Gasteiger partial charge in [-0.2, -0.15) is 4.98 Å². The second-order valence-corrected chi connectivity index (χ2v) is 5.97. The molecule has 1 saturated heterocycles. The molecule has 1 aliphatic rings. The molecule has 1 aliphatic heterocycles. The van der Waals surface area contributed by atoms with Crippen LogP contribution in [0.2, 0.25) is 0 Å². The van der Waals surface area contributed by atoms with Gasteiger partial charge in [0.1, 0.15) is 0 Å². The van der Waals surface area contributed by atoms with Crippen molar-refractivity contribution in [1.29, 1.82) is 0 Å². The van der Waals surface area contributed by atoms with E-state index in [9.17, 15) is 0 Å². The highest BCUT2D eigenvalue weighted by molar-refractivity contribution is 5.39. The summed E-state index contributed by atoms with van der Waals surface area (Å²) in [5.74, 6) is 1.58. The highest BCUT2D eigenvalue weighted by atomic mass is 16.5. The lowest BCUT2D eigenvalue weighted by molar-refractivity contribution is 0.303. The molecule has 0 bridgehead atoms. The Labute approximate surface area is 128 Å². The van der Waals surface area contributed by atoms with Crippen LogP contribution in [0.1, 0.15) is 46.5 Å². The van der Waals surface area contributed by atoms with E-state index in [4.69, 9.17) is 4.74 Å². The molecule has 0 aromatic carbocycles. The lowest BCUT2D eigenvalue weighted by Crippen LogP contribution is -2.47. The molecule has 5 nitrogen and oxygen atoms in total. The van der Waals surface area contributed by atoms with Gasteiger partial charge < -0.3 is 15.0 Å². The largest absolute Gasteiger partial charge is 0.477 e. The molecule has 2 heterocycles. The van der Waals surface area contributed by atoms with Gasteiger partial charge in [-0.05, 0) is 25.7 Å². The van der Waals surface area contributed by atoms with Crippen molar-refractivity contribution in [2.75, 3.05) is 24.6 Å². The topological polar surface area (TPSA) is 50.3 Å². The van der Waals surface area contributed by atoms with Crippen molar-refractivity contribution in [2.24, 2.45) is 0 Å². The van der Waals surface area contributed by atoms with E-state index < -0.39 is 0 Å². The second kappa shape index (κ2) is 8.17. The van der Waals surface area contributed by atoms with Gasteiger partial charge in [0, 0.05) is 25.2 Å². The number of piperidine rings is 1. The van der Waals surface area contributed by atoms with Gasteiger partial charge in [0.15, 0.2) is 5.82 Å². The molecule has 1 aromatic heterocycles. The van der Waals surface area contributed by atoms with Gasteiger partial charge in [-0.25, -0.2) is 0 Å². The van der Waals surface area contributed by atoms with Crippen LogP contribution in [0.15, 0.2) is 12.4 Å². The Kier molecular flexibility index (Phi) is 6.23. The Bertz CT molecular complexity index is 424. The Morgan fingerprint density at radius 1 is 1.38 bits per heavy atom. The minimum Gasteiger partial charge on any atom is -0.477 e. The maximum Gasteiger partial charge on any atom is 0.234 e. The molecule has 0 saturated carbocycles. The Hall–Kier alpha value is -1.36. The van der Waals surface area contributed by atoms with E-state index in [1.54, 1.807) is 6.20 Å². The zero-order valence-corrected chi connectivity index (χ0v) is 13.5. The summed E-state index contributed by atoms with van der Waals surface area (Å²) >= 11 is 0. The molecule has 1 aromatic rings. The standard InChI is InChI=1S/C16H28N4O/c1-4-9-21-16-12-17-11-15(19-16)20-8-6-5-7-14(20)10-18-13(2)3/h11-14,18H,4-10H2,1-3H3. The molecular weight excluding hydrogens is 264 g/mol. The molecule has 0 aliphatic carbocycles. The first-order valence-corrected chi connectivity index (χ1v) is 8.15. The number of ether oxygens (including phenoxy) is 1. The monoisotopic (exact) mass is 292 g/mol. The van der Waals surface area contributed by atoms with Gasteiger partial charge in [-0.15, -0.1) is 0 Å². The van der Waals surface area contributed by atoms with E-state index in [0.717, 1.165) is 25.3 Å². The van der Waals surface area contributed by atoms with E-state index in [1.165, 1.54) is 19.3 Å². The Morgan fingerprint density at radius 2 is 2.24 bits per heavy atom. The number of nitrogens with one attached hydrogen (secondary N) is 1. The smallest absolute Gasteiger partial charge is 0.234 e. The summed E-state index contributed by atoms with van der Waals surface area (Å²) in [4.78, 5) is 11.3. The highest BCUT2D eigenvalue weighted by Crippen LogP contribution is 2.23. The summed E-state index contributed by atoms with van der Waals surface area (Å²) in [6.45, 7) is 9.21. The third-order valence-corrected chi connectivity index (χ3v) is 3.74. The van der Waals surface area contributed by atoms with E-state index >= 15 is 0 Å². The molecule has 118 valence electrons. The van der Waals surface area contributed by atoms with E-state index in [1.807, 2.05) is 6.20 Å². The second-order valence-electron chi connectivity index (χ2n) is 5.97. The summed E-state index contributed by atoms with van der Waals surface area (Å²) < 4.78 is 5.60.